The number of ether oxygens (including phenoxy) is 1. The second-order valence-electron chi connectivity index (χ2n) is 3.14. The van der Waals surface area contributed by atoms with E-state index in [1.54, 1.807) is 11.8 Å². The Bertz CT molecular complexity index is 325. The van der Waals surface area contributed by atoms with Crippen LogP contribution in [0.1, 0.15) is 29.8 Å². The lowest BCUT2D eigenvalue weighted by Crippen LogP contribution is -2.05. The first kappa shape index (κ1) is 12.1. The Labute approximate surface area is 95.0 Å². The van der Waals surface area contributed by atoms with E-state index in [9.17, 15) is 4.79 Å². The molecule has 0 spiro atoms. The third-order valence-corrected chi connectivity index (χ3v) is 2.83. The second-order valence-corrected chi connectivity index (χ2v) is 4.02. The molecule has 3 heteroatoms. The minimum Gasteiger partial charge on any atom is -0.462 e. The number of hydrogen-bond donors (Lipinski definition) is 0. The van der Waals surface area contributed by atoms with E-state index in [4.69, 9.17) is 4.74 Å². The van der Waals surface area contributed by atoms with Crippen molar-refractivity contribution in [3.63, 3.8) is 0 Å². The number of carbonyl (C=O) groups is 1. The minimum absolute atomic E-state index is 0.233. The number of thioether (sulfide) groups is 1. The molecule has 0 saturated carbocycles. The van der Waals surface area contributed by atoms with Crippen molar-refractivity contribution in [3.05, 3.63) is 29.3 Å². The fourth-order valence-electron chi connectivity index (χ4n) is 1.31. The number of aryl methyl sites for hydroxylation is 1. The molecular formula is C12H16O2S. The smallest absolute Gasteiger partial charge is 0.338 e. The van der Waals surface area contributed by atoms with Gasteiger partial charge in [0.2, 0.25) is 0 Å². The van der Waals surface area contributed by atoms with Gasteiger partial charge in [0.05, 0.1) is 12.2 Å². The van der Waals surface area contributed by atoms with Crippen LogP contribution in [0, 0.1) is 0 Å². The Balaban J connectivity index is 3.01. The monoisotopic (exact) mass is 224 g/mol. The topological polar surface area (TPSA) is 26.3 Å². The van der Waals surface area contributed by atoms with Crippen LogP contribution in [0.4, 0.5) is 0 Å². The van der Waals surface area contributed by atoms with Crippen molar-refractivity contribution < 1.29 is 9.53 Å². The van der Waals surface area contributed by atoms with Gasteiger partial charge in [0.25, 0.3) is 0 Å². The normalized spacial score (nSPS) is 10.1. The van der Waals surface area contributed by atoms with Gasteiger partial charge in [-0.15, -0.1) is 11.8 Å². The predicted molar refractivity (Wildman–Crippen MR) is 63.6 cm³/mol. The van der Waals surface area contributed by atoms with Crippen LogP contribution >= 0.6 is 11.8 Å². The second kappa shape index (κ2) is 5.81. The van der Waals surface area contributed by atoms with Gasteiger partial charge in [-0.2, -0.15) is 0 Å². The highest BCUT2D eigenvalue weighted by atomic mass is 32.2. The Morgan fingerprint density at radius 1 is 1.33 bits per heavy atom. The molecule has 0 N–H and O–H groups in total. The zero-order valence-electron chi connectivity index (χ0n) is 9.37. The summed E-state index contributed by atoms with van der Waals surface area (Å²) in [5, 5.41) is 0. The summed E-state index contributed by atoms with van der Waals surface area (Å²) in [5.41, 5.74) is 1.82. The van der Waals surface area contributed by atoms with Crippen LogP contribution in [0.15, 0.2) is 23.1 Å². The third-order valence-electron chi connectivity index (χ3n) is 2.12. The third kappa shape index (κ3) is 3.27. The zero-order chi connectivity index (χ0) is 11.3. The van der Waals surface area contributed by atoms with Crippen molar-refractivity contribution in [1.29, 1.82) is 0 Å². The van der Waals surface area contributed by atoms with E-state index in [-0.39, 0.29) is 5.97 Å². The van der Waals surface area contributed by atoms with E-state index in [1.165, 1.54) is 5.56 Å². The highest BCUT2D eigenvalue weighted by molar-refractivity contribution is 7.98. The van der Waals surface area contributed by atoms with Crippen molar-refractivity contribution in [3.8, 4) is 0 Å². The van der Waals surface area contributed by atoms with Gasteiger partial charge in [0, 0.05) is 4.90 Å². The van der Waals surface area contributed by atoms with E-state index in [1.807, 2.05) is 25.3 Å². The van der Waals surface area contributed by atoms with Crippen LogP contribution in [0.25, 0.3) is 0 Å². The van der Waals surface area contributed by atoms with Gasteiger partial charge in [0.1, 0.15) is 0 Å². The van der Waals surface area contributed by atoms with Crippen molar-refractivity contribution >= 4 is 17.7 Å². The molecule has 2 nitrogen and oxygen atoms in total. The largest absolute Gasteiger partial charge is 0.462 e. The fourth-order valence-corrected chi connectivity index (χ4v) is 1.83. The molecule has 0 unspecified atom stereocenters. The van der Waals surface area contributed by atoms with Crippen molar-refractivity contribution in [2.24, 2.45) is 0 Å². The highest BCUT2D eigenvalue weighted by Crippen LogP contribution is 2.20. The molecule has 82 valence electrons. The summed E-state index contributed by atoms with van der Waals surface area (Å²) in [5.74, 6) is -0.233. The molecule has 0 amide bonds. The molecule has 1 aromatic rings. The van der Waals surface area contributed by atoms with Crippen LogP contribution in [0.5, 0.6) is 0 Å². The van der Waals surface area contributed by atoms with Crippen LogP contribution < -0.4 is 0 Å². The summed E-state index contributed by atoms with van der Waals surface area (Å²) in [6.07, 6.45) is 2.94. The number of rotatable bonds is 4. The maximum Gasteiger partial charge on any atom is 0.338 e. The molecule has 0 radical (unpaired) electrons. The van der Waals surface area contributed by atoms with Gasteiger partial charge in [-0.05, 0) is 43.4 Å². The summed E-state index contributed by atoms with van der Waals surface area (Å²) in [6, 6.07) is 5.88. The lowest BCUT2D eigenvalue weighted by Gasteiger charge is -2.06. The minimum atomic E-state index is -0.233. The number of benzene rings is 1. The Morgan fingerprint density at radius 2 is 2.07 bits per heavy atom. The molecule has 0 bridgehead atoms. The van der Waals surface area contributed by atoms with Gasteiger partial charge in [0.15, 0.2) is 0 Å². The maximum absolute atomic E-state index is 11.5. The average Bonchev–Trinajstić information content (AvgIpc) is 2.28. The molecule has 0 heterocycles. The van der Waals surface area contributed by atoms with Crippen LogP contribution in [-0.4, -0.2) is 18.8 Å². The lowest BCUT2D eigenvalue weighted by atomic mass is 10.1. The van der Waals surface area contributed by atoms with E-state index in [0.717, 1.165) is 11.3 Å². The SMILES string of the molecule is CCOC(=O)c1cc(CC)cc(SC)c1. The van der Waals surface area contributed by atoms with Crippen molar-refractivity contribution in [2.45, 2.75) is 25.2 Å². The molecule has 0 aromatic heterocycles. The number of hydrogen-bond acceptors (Lipinski definition) is 3. The lowest BCUT2D eigenvalue weighted by molar-refractivity contribution is 0.0526. The Hall–Kier alpha value is -0.960. The van der Waals surface area contributed by atoms with Crippen LogP contribution in [0.3, 0.4) is 0 Å². The Morgan fingerprint density at radius 3 is 2.60 bits per heavy atom. The van der Waals surface area contributed by atoms with E-state index in [0.29, 0.717) is 12.2 Å². The van der Waals surface area contributed by atoms with Gasteiger partial charge < -0.3 is 4.74 Å². The summed E-state index contributed by atoms with van der Waals surface area (Å²) >= 11 is 1.64. The predicted octanol–water partition coefficient (Wildman–Crippen LogP) is 3.15. The van der Waals surface area contributed by atoms with Gasteiger partial charge >= 0.3 is 5.97 Å². The average molecular weight is 224 g/mol. The van der Waals surface area contributed by atoms with Gasteiger partial charge in [-0.1, -0.05) is 6.92 Å². The molecule has 1 aromatic carbocycles. The van der Waals surface area contributed by atoms with E-state index < -0.39 is 0 Å². The Kier molecular flexibility index (Phi) is 4.69. The molecular weight excluding hydrogens is 208 g/mol. The van der Waals surface area contributed by atoms with Gasteiger partial charge in [-0.25, -0.2) is 4.79 Å². The van der Waals surface area contributed by atoms with Crippen LogP contribution in [0.2, 0.25) is 0 Å². The first-order chi connectivity index (χ1) is 7.21. The summed E-state index contributed by atoms with van der Waals surface area (Å²) in [7, 11) is 0. The maximum atomic E-state index is 11.5. The molecule has 0 aliphatic carbocycles. The van der Waals surface area contributed by atoms with E-state index >= 15 is 0 Å². The first-order valence-electron chi connectivity index (χ1n) is 5.06. The molecule has 0 saturated heterocycles. The standard InChI is InChI=1S/C12H16O2S/c1-4-9-6-10(12(13)14-5-2)8-11(7-9)15-3/h6-8H,4-5H2,1-3H3. The summed E-state index contributed by atoms with van der Waals surface area (Å²) in [6.45, 7) is 4.31. The molecule has 0 atom stereocenters. The quantitative estimate of drug-likeness (QED) is 0.580. The van der Waals surface area contributed by atoms with E-state index in [2.05, 4.69) is 13.0 Å². The number of esters is 1. The molecule has 0 fully saturated rings. The first-order valence-corrected chi connectivity index (χ1v) is 6.28. The fraction of sp³-hybridized carbons (Fsp3) is 0.417. The van der Waals surface area contributed by atoms with Crippen molar-refractivity contribution in [2.75, 3.05) is 12.9 Å². The summed E-state index contributed by atoms with van der Waals surface area (Å²) < 4.78 is 4.98. The highest BCUT2D eigenvalue weighted by Gasteiger charge is 2.08. The van der Waals surface area contributed by atoms with Crippen molar-refractivity contribution in [1.82, 2.24) is 0 Å². The molecule has 1 rings (SSSR count). The van der Waals surface area contributed by atoms with Gasteiger partial charge in [-0.3, -0.25) is 0 Å². The molecule has 15 heavy (non-hydrogen) atoms. The number of carbonyl (C=O) groups excluding carboxylic acids is 1. The summed E-state index contributed by atoms with van der Waals surface area (Å²) in [4.78, 5) is 12.7. The molecule has 0 aliphatic rings. The van der Waals surface area contributed by atoms with Crippen LogP contribution in [-0.2, 0) is 11.2 Å². The molecule has 0 aliphatic heterocycles. The zero-order valence-corrected chi connectivity index (χ0v) is 10.2.